The molecule has 0 bridgehead atoms. The van der Waals surface area contributed by atoms with Gasteiger partial charge < -0.3 is 16.0 Å². The highest BCUT2D eigenvalue weighted by atomic mass is 28.3. The zero-order valence-electron chi connectivity index (χ0n) is 19.7. The fourth-order valence-electron chi connectivity index (χ4n) is 5.22. The maximum absolute atomic E-state index is 13.4. The molecule has 1 heterocycles. The third-order valence-corrected chi connectivity index (χ3v) is 9.60. The van der Waals surface area contributed by atoms with Gasteiger partial charge in [-0.25, -0.2) is 0 Å². The number of nitrogens with zero attached hydrogens (tertiary/aromatic N) is 2. The maximum atomic E-state index is 13.4. The van der Waals surface area contributed by atoms with Gasteiger partial charge in [0.1, 0.15) is 6.04 Å². The second kappa shape index (κ2) is 9.67. The first-order valence-corrected chi connectivity index (χ1v) is 15.2. The summed E-state index contributed by atoms with van der Waals surface area (Å²) in [5.41, 5.74) is 9.48. The number of carbonyl (C=O) groups excluding carboxylic acids is 2. The Bertz CT molecular complexity index is 1090. The van der Waals surface area contributed by atoms with E-state index in [0.29, 0.717) is 12.2 Å². The predicted octanol–water partition coefficient (Wildman–Crippen LogP) is 3.12. The van der Waals surface area contributed by atoms with Crippen LogP contribution in [0.5, 0.6) is 0 Å². The summed E-state index contributed by atoms with van der Waals surface area (Å²) in [6, 6.07) is 13.7. The van der Waals surface area contributed by atoms with Crippen molar-refractivity contribution in [1.82, 2.24) is 10.2 Å². The Morgan fingerprint density at radius 3 is 2.62 bits per heavy atom. The summed E-state index contributed by atoms with van der Waals surface area (Å²) in [5, 5.41) is 14.1. The number of carbonyl (C=O) groups is 2. The maximum Gasteiger partial charge on any atom is 0.269 e. The lowest BCUT2D eigenvalue weighted by molar-refractivity contribution is -0.384. The van der Waals surface area contributed by atoms with Gasteiger partial charge in [0.2, 0.25) is 11.8 Å². The molecule has 2 amide bonds. The van der Waals surface area contributed by atoms with Crippen molar-refractivity contribution in [3.63, 3.8) is 0 Å². The van der Waals surface area contributed by atoms with Gasteiger partial charge in [-0.05, 0) is 48.4 Å². The SMILES string of the molecule is C[Si]1(C)C[C@@H](C(=O)N[C@@H]2CCCc3ccccc32)N(C(=O)[C@@H](N)Cc2ccc([N+](=O)[O-])cc2)C1. The van der Waals surface area contributed by atoms with Crippen molar-refractivity contribution in [2.45, 2.75) is 62.9 Å². The molecule has 9 heteroatoms. The van der Waals surface area contributed by atoms with Gasteiger partial charge in [-0.15, -0.1) is 0 Å². The van der Waals surface area contributed by atoms with Crippen molar-refractivity contribution in [1.29, 1.82) is 0 Å². The molecule has 0 spiro atoms. The Balaban J connectivity index is 1.46. The first-order valence-electron chi connectivity index (χ1n) is 11.8. The Hall–Kier alpha value is -3.04. The average Bonchev–Trinajstić information content (AvgIpc) is 3.14. The molecule has 3 N–H and O–H groups in total. The largest absolute Gasteiger partial charge is 0.348 e. The lowest BCUT2D eigenvalue weighted by Gasteiger charge is -2.31. The molecular formula is C25H32N4O4Si. The normalized spacial score (nSPS) is 22.0. The van der Waals surface area contributed by atoms with Gasteiger partial charge in [0, 0.05) is 18.3 Å². The van der Waals surface area contributed by atoms with Crippen molar-refractivity contribution >= 4 is 25.6 Å². The number of fused-ring (bicyclic) bond motifs is 1. The van der Waals surface area contributed by atoms with E-state index >= 15 is 0 Å². The van der Waals surface area contributed by atoms with Gasteiger partial charge in [-0.1, -0.05) is 49.5 Å². The van der Waals surface area contributed by atoms with Crippen molar-refractivity contribution in [3.8, 4) is 0 Å². The minimum Gasteiger partial charge on any atom is -0.348 e. The van der Waals surface area contributed by atoms with Crippen molar-refractivity contribution in [3.05, 3.63) is 75.3 Å². The Labute approximate surface area is 200 Å². The van der Waals surface area contributed by atoms with E-state index < -0.39 is 25.1 Å². The molecule has 0 radical (unpaired) electrons. The Morgan fingerprint density at radius 1 is 1.21 bits per heavy atom. The van der Waals surface area contributed by atoms with E-state index in [9.17, 15) is 19.7 Å². The van der Waals surface area contributed by atoms with E-state index in [1.165, 1.54) is 23.3 Å². The Kier molecular flexibility index (Phi) is 6.86. The smallest absolute Gasteiger partial charge is 0.269 e. The monoisotopic (exact) mass is 480 g/mol. The molecule has 2 aromatic rings. The van der Waals surface area contributed by atoms with Crippen LogP contribution in [0.2, 0.25) is 19.1 Å². The van der Waals surface area contributed by atoms with Crippen LogP contribution in [0.15, 0.2) is 48.5 Å². The van der Waals surface area contributed by atoms with Crippen LogP contribution in [-0.4, -0.2) is 48.0 Å². The summed E-state index contributed by atoms with van der Waals surface area (Å²) in [7, 11) is -1.77. The minimum absolute atomic E-state index is 0.00281. The van der Waals surface area contributed by atoms with E-state index in [4.69, 9.17) is 5.73 Å². The lowest BCUT2D eigenvalue weighted by atomic mass is 9.87. The predicted molar refractivity (Wildman–Crippen MR) is 133 cm³/mol. The van der Waals surface area contributed by atoms with Crippen LogP contribution in [0.1, 0.15) is 35.6 Å². The number of hydrogen-bond donors (Lipinski definition) is 2. The number of rotatable bonds is 6. The van der Waals surface area contributed by atoms with E-state index in [1.807, 2.05) is 12.1 Å². The standard InChI is InChI=1S/C25H32N4O4Si/c1-34(2)15-23(24(30)27-22-9-5-7-18-6-3-4-8-20(18)22)28(16-34)25(31)21(26)14-17-10-12-19(13-11-17)29(32)33/h3-4,6,8,10-13,21-23H,5,7,9,14-16,26H2,1-2H3,(H,27,30)/t21-,22+,23-/m0/s1. The minimum atomic E-state index is -1.77. The molecule has 1 fully saturated rings. The number of hydrogen-bond acceptors (Lipinski definition) is 5. The molecule has 0 aromatic heterocycles. The van der Waals surface area contributed by atoms with Crippen LogP contribution in [0, 0.1) is 10.1 Å². The highest BCUT2D eigenvalue weighted by molar-refractivity contribution is 6.79. The molecule has 1 aliphatic carbocycles. The van der Waals surface area contributed by atoms with Gasteiger partial charge in [-0.3, -0.25) is 19.7 Å². The molecule has 180 valence electrons. The third kappa shape index (κ3) is 5.20. The van der Waals surface area contributed by atoms with Crippen LogP contribution < -0.4 is 11.1 Å². The van der Waals surface area contributed by atoms with Gasteiger partial charge in [0.15, 0.2) is 0 Å². The Morgan fingerprint density at radius 2 is 1.91 bits per heavy atom. The van der Waals surface area contributed by atoms with Crippen molar-refractivity contribution < 1.29 is 14.5 Å². The quantitative estimate of drug-likeness (QED) is 0.374. The zero-order valence-corrected chi connectivity index (χ0v) is 20.7. The van der Waals surface area contributed by atoms with Crippen LogP contribution >= 0.6 is 0 Å². The van der Waals surface area contributed by atoms with E-state index in [1.54, 1.807) is 17.0 Å². The van der Waals surface area contributed by atoms with Crippen LogP contribution in [0.3, 0.4) is 0 Å². The molecule has 2 aliphatic rings. The highest BCUT2D eigenvalue weighted by Crippen LogP contribution is 2.32. The highest BCUT2D eigenvalue weighted by Gasteiger charge is 2.46. The van der Waals surface area contributed by atoms with Gasteiger partial charge in [0.25, 0.3) is 5.69 Å². The first kappa shape index (κ1) is 24.1. The van der Waals surface area contributed by atoms with Crippen LogP contribution in [0.25, 0.3) is 0 Å². The molecule has 34 heavy (non-hydrogen) atoms. The fraction of sp³-hybridized carbons (Fsp3) is 0.440. The summed E-state index contributed by atoms with van der Waals surface area (Å²) in [5.74, 6) is -0.337. The fourth-order valence-corrected chi connectivity index (χ4v) is 8.10. The van der Waals surface area contributed by atoms with Gasteiger partial charge in [-0.2, -0.15) is 0 Å². The van der Waals surface area contributed by atoms with E-state index in [0.717, 1.165) is 24.8 Å². The van der Waals surface area contributed by atoms with E-state index in [-0.39, 0.29) is 30.0 Å². The summed E-state index contributed by atoms with van der Waals surface area (Å²) in [6.07, 6.45) is 3.80. The number of nitrogens with one attached hydrogen (secondary N) is 1. The molecule has 4 rings (SSSR count). The molecule has 8 nitrogen and oxygen atoms in total. The van der Waals surface area contributed by atoms with Crippen molar-refractivity contribution in [2.24, 2.45) is 5.73 Å². The first-order chi connectivity index (χ1) is 16.1. The molecule has 1 aliphatic heterocycles. The second-order valence-corrected chi connectivity index (χ2v) is 15.3. The zero-order chi connectivity index (χ0) is 24.5. The summed E-state index contributed by atoms with van der Waals surface area (Å²) >= 11 is 0. The summed E-state index contributed by atoms with van der Waals surface area (Å²) in [4.78, 5) is 38.9. The van der Waals surface area contributed by atoms with Crippen LogP contribution in [-0.2, 0) is 22.4 Å². The van der Waals surface area contributed by atoms with Crippen molar-refractivity contribution in [2.75, 3.05) is 6.17 Å². The van der Waals surface area contributed by atoms with Crippen LogP contribution in [0.4, 0.5) is 5.69 Å². The second-order valence-electron chi connectivity index (χ2n) is 10.2. The molecule has 0 saturated carbocycles. The summed E-state index contributed by atoms with van der Waals surface area (Å²) < 4.78 is 0. The topological polar surface area (TPSA) is 119 Å². The van der Waals surface area contributed by atoms with E-state index in [2.05, 4.69) is 30.5 Å². The number of aryl methyl sites for hydroxylation is 1. The lowest BCUT2D eigenvalue weighted by Crippen LogP contribution is -2.52. The number of nitro groups is 1. The number of nitro benzene ring substituents is 1. The molecule has 0 unspecified atom stereocenters. The number of benzene rings is 2. The number of non-ortho nitro benzene ring substituents is 1. The molecular weight excluding hydrogens is 448 g/mol. The summed E-state index contributed by atoms with van der Waals surface area (Å²) in [6.45, 7) is 4.39. The average molecular weight is 481 g/mol. The molecule has 3 atom stereocenters. The number of nitrogens with two attached hydrogens (primary N) is 1. The van der Waals surface area contributed by atoms with Gasteiger partial charge >= 0.3 is 0 Å². The molecule has 2 aromatic carbocycles. The van der Waals surface area contributed by atoms with Gasteiger partial charge in [0.05, 0.1) is 25.1 Å². The molecule has 1 saturated heterocycles. The third-order valence-electron chi connectivity index (χ3n) is 6.91. The number of amides is 2.